The molecular weight excluding hydrogens is 264 g/mol. The third-order valence-electron chi connectivity index (χ3n) is 3.45. The molecular formula is C16H22N4O. The van der Waals surface area contributed by atoms with Crippen molar-refractivity contribution in [1.82, 2.24) is 14.7 Å². The van der Waals surface area contributed by atoms with Crippen LogP contribution in [-0.4, -0.2) is 33.7 Å². The molecule has 0 unspecified atom stereocenters. The molecule has 21 heavy (non-hydrogen) atoms. The van der Waals surface area contributed by atoms with Gasteiger partial charge in [0.15, 0.2) is 0 Å². The van der Waals surface area contributed by atoms with E-state index in [1.165, 1.54) is 5.56 Å². The van der Waals surface area contributed by atoms with Crippen LogP contribution in [0.15, 0.2) is 36.7 Å². The molecule has 1 aromatic heterocycles. The predicted molar refractivity (Wildman–Crippen MR) is 84.2 cm³/mol. The fourth-order valence-corrected chi connectivity index (χ4v) is 2.19. The van der Waals surface area contributed by atoms with Gasteiger partial charge in [-0.15, -0.1) is 0 Å². The summed E-state index contributed by atoms with van der Waals surface area (Å²) in [5.74, 6) is -0.136. The zero-order valence-electron chi connectivity index (χ0n) is 12.8. The summed E-state index contributed by atoms with van der Waals surface area (Å²) in [6, 6.07) is 7.97. The highest BCUT2D eigenvalue weighted by molar-refractivity contribution is 6.03. The van der Waals surface area contributed by atoms with Gasteiger partial charge in [0.05, 0.1) is 11.8 Å². The Morgan fingerprint density at radius 3 is 2.71 bits per heavy atom. The lowest BCUT2D eigenvalue weighted by atomic mass is 10.2. The highest BCUT2D eigenvalue weighted by Gasteiger charge is 2.09. The maximum absolute atomic E-state index is 12.1. The maximum Gasteiger partial charge on any atom is 0.258 e. The Morgan fingerprint density at radius 2 is 2.10 bits per heavy atom. The number of aromatic nitrogens is 2. The topological polar surface area (TPSA) is 50.2 Å². The summed E-state index contributed by atoms with van der Waals surface area (Å²) in [5, 5.41) is 6.92. The molecule has 0 saturated carbocycles. The second kappa shape index (κ2) is 7.04. The van der Waals surface area contributed by atoms with Crippen LogP contribution in [-0.2, 0) is 13.6 Å². The zero-order chi connectivity index (χ0) is 15.2. The summed E-state index contributed by atoms with van der Waals surface area (Å²) >= 11 is 0. The van der Waals surface area contributed by atoms with Crippen molar-refractivity contribution in [3.63, 3.8) is 0 Å². The average Bonchev–Trinajstić information content (AvgIpc) is 2.92. The van der Waals surface area contributed by atoms with Gasteiger partial charge in [0.2, 0.25) is 0 Å². The number of anilines is 1. The monoisotopic (exact) mass is 286 g/mol. The first-order valence-corrected chi connectivity index (χ1v) is 7.23. The van der Waals surface area contributed by atoms with E-state index < -0.39 is 0 Å². The van der Waals surface area contributed by atoms with Crippen LogP contribution in [0.2, 0.25) is 0 Å². The minimum atomic E-state index is -0.136. The van der Waals surface area contributed by atoms with E-state index in [0.29, 0.717) is 5.56 Å². The van der Waals surface area contributed by atoms with Crippen molar-refractivity contribution in [3.8, 4) is 0 Å². The molecule has 0 aliphatic rings. The zero-order valence-corrected chi connectivity index (χ0v) is 12.8. The molecule has 0 radical (unpaired) electrons. The molecule has 5 nitrogen and oxygen atoms in total. The van der Waals surface area contributed by atoms with Crippen LogP contribution in [0.3, 0.4) is 0 Å². The Labute approximate surface area is 125 Å². The van der Waals surface area contributed by atoms with Crippen LogP contribution in [0.5, 0.6) is 0 Å². The lowest BCUT2D eigenvalue weighted by Gasteiger charge is -2.18. The number of hydrogen-bond donors (Lipinski definition) is 1. The summed E-state index contributed by atoms with van der Waals surface area (Å²) in [6.07, 6.45) is 3.27. The lowest BCUT2D eigenvalue weighted by Crippen LogP contribution is -2.22. The summed E-state index contributed by atoms with van der Waals surface area (Å²) in [5.41, 5.74) is 2.57. The predicted octanol–water partition coefficient (Wildman–Crippen LogP) is 2.51. The number of nitrogens with one attached hydrogen (secondary N) is 1. The largest absolute Gasteiger partial charge is 0.322 e. The number of hydrogen-bond acceptors (Lipinski definition) is 3. The van der Waals surface area contributed by atoms with Gasteiger partial charge in [0.1, 0.15) is 0 Å². The van der Waals surface area contributed by atoms with Gasteiger partial charge in [-0.05, 0) is 30.8 Å². The van der Waals surface area contributed by atoms with Crippen LogP contribution in [0, 0.1) is 0 Å². The van der Waals surface area contributed by atoms with E-state index >= 15 is 0 Å². The Kier molecular flexibility index (Phi) is 5.11. The molecule has 1 amide bonds. The fourth-order valence-electron chi connectivity index (χ4n) is 2.19. The van der Waals surface area contributed by atoms with Crippen molar-refractivity contribution in [2.75, 3.05) is 18.4 Å². The molecule has 0 spiro atoms. The van der Waals surface area contributed by atoms with E-state index in [2.05, 4.69) is 35.2 Å². The summed E-state index contributed by atoms with van der Waals surface area (Å²) in [6.45, 7) is 7.23. The highest BCUT2D eigenvalue weighted by Crippen LogP contribution is 2.14. The molecule has 1 N–H and O–H groups in total. The normalized spacial score (nSPS) is 10.9. The SMILES string of the molecule is CCN(CC)Cc1cccc(NC(=O)c2cnn(C)c2)c1. The van der Waals surface area contributed by atoms with Crippen LogP contribution in [0.1, 0.15) is 29.8 Å². The van der Waals surface area contributed by atoms with Crippen molar-refractivity contribution >= 4 is 11.6 Å². The van der Waals surface area contributed by atoms with Gasteiger partial charge in [0.25, 0.3) is 5.91 Å². The number of nitrogens with zero attached hydrogens (tertiary/aromatic N) is 3. The maximum atomic E-state index is 12.1. The third kappa shape index (κ3) is 4.16. The molecule has 0 fully saturated rings. The molecule has 2 aromatic rings. The van der Waals surface area contributed by atoms with Crippen molar-refractivity contribution in [1.29, 1.82) is 0 Å². The van der Waals surface area contributed by atoms with Crippen LogP contribution < -0.4 is 5.32 Å². The Morgan fingerprint density at radius 1 is 1.33 bits per heavy atom. The molecule has 0 aliphatic heterocycles. The molecule has 5 heteroatoms. The third-order valence-corrected chi connectivity index (χ3v) is 3.45. The number of amides is 1. The molecule has 0 atom stereocenters. The molecule has 0 saturated heterocycles. The van der Waals surface area contributed by atoms with Gasteiger partial charge in [-0.1, -0.05) is 26.0 Å². The molecule has 1 heterocycles. The molecule has 112 valence electrons. The summed E-state index contributed by atoms with van der Waals surface area (Å²) < 4.78 is 1.62. The van der Waals surface area contributed by atoms with Crippen LogP contribution >= 0.6 is 0 Å². The number of benzene rings is 1. The quantitative estimate of drug-likeness (QED) is 0.887. The lowest BCUT2D eigenvalue weighted by molar-refractivity contribution is 0.102. The molecule has 2 rings (SSSR count). The van der Waals surface area contributed by atoms with Crippen molar-refractivity contribution in [2.24, 2.45) is 7.05 Å². The first-order valence-electron chi connectivity index (χ1n) is 7.23. The van der Waals surface area contributed by atoms with E-state index in [-0.39, 0.29) is 5.91 Å². The number of carbonyl (C=O) groups is 1. The molecule has 0 aliphatic carbocycles. The van der Waals surface area contributed by atoms with E-state index in [1.54, 1.807) is 24.1 Å². The van der Waals surface area contributed by atoms with Gasteiger partial charge < -0.3 is 5.32 Å². The minimum Gasteiger partial charge on any atom is -0.322 e. The fraction of sp³-hybridized carbons (Fsp3) is 0.375. The van der Waals surface area contributed by atoms with E-state index in [9.17, 15) is 4.79 Å². The average molecular weight is 286 g/mol. The van der Waals surface area contributed by atoms with Gasteiger partial charge in [0, 0.05) is 25.5 Å². The van der Waals surface area contributed by atoms with Crippen LogP contribution in [0.4, 0.5) is 5.69 Å². The van der Waals surface area contributed by atoms with E-state index in [1.807, 2.05) is 18.2 Å². The Balaban J connectivity index is 2.05. The van der Waals surface area contributed by atoms with Gasteiger partial charge in [-0.3, -0.25) is 14.4 Å². The number of rotatable bonds is 6. The first kappa shape index (κ1) is 15.3. The molecule has 0 bridgehead atoms. The summed E-state index contributed by atoms with van der Waals surface area (Å²) in [4.78, 5) is 14.4. The van der Waals surface area contributed by atoms with Gasteiger partial charge >= 0.3 is 0 Å². The number of aryl methyl sites for hydroxylation is 1. The first-order chi connectivity index (χ1) is 10.1. The van der Waals surface area contributed by atoms with Crippen molar-refractivity contribution < 1.29 is 4.79 Å². The molecule has 1 aromatic carbocycles. The van der Waals surface area contributed by atoms with E-state index in [0.717, 1.165) is 25.3 Å². The smallest absolute Gasteiger partial charge is 0.258 e. The van der Waals surface area contributed by atoms with Crippen LogP contribution in [0.25, 0.3) is 0 Å². The Hall–Kier alpha value is -2.14. The second-order valence-corrected chi connectivity index (χ2v) is 5.02. The Bertz CT molecular complexity index is 602. The van der Waals surface area contributed by atoms with Gasteiger partial charge in [-0.2, -0.15) is 5.10 Å². The summed E-state index contributed by atoms with van der Waals surface area (Å²) in [7, 11) is 1.79. The minimum absolute atomic E-state index is 0.136. The van der Waals surface area contributed by atoms with Crippen molar-refractivity contribution in [2.45, 2.75) is 20.4 Å². The van der Waals surface area contributed by atoms with E-state index in [4.69, 9.17) is 0 Å². The van der Waals surface area contributed by atoms with Gasteiger partial charge in [-0.25, -0.2) is 0 Å². The second-order valence-electron chi connectivity index (χ2n) is 5.02. The highest BCUT2D eigenvalue weighted by atomic mass is 16.1. The van der Waals surface area contributed by atoms with Crippen molar-refractivity contribution in [3.05, 3.63) is 47.8 Å². The standard InChI is InChI=1S/C16H22N4O/c1-4-20(5-2)11-13-7-6-8-15(9-13)18-16(21)14-10-17-19(3)12-14/h6-10,12H,4-5,11H2,1-3H3,(H,18,21). The number of carbonyl (C=O) groups excluding carboxylic acids is 1.